The maximum absolute atomic E-state index is 5.40. The van der Waals surface area contributed by atoms with Crippen LogP contribution in [0.15, 0.2) is 46.9 Å². The van der Waals surface area contributed by atoms with Crippen molar-refractivity contribution in [2.24, 2.45) is 0 Å². The topological polar surface area (TPSA) is 21.3 Å². The fourth-order valence-electron chi connectivity index (χ4n) is 2.23. The van der Waals surface area contributed by atoms with Gasteiger partial charge in [-0.1, -0.05) is 34.1 Å². The third-order valence-electron chi connectivity index (χ3n) is 3.21. The van der Waals surface area contributed by atoms with Crippen molar-refractivity contribution in [1.29, 1.82) is 0 Å². The number of halogens is 1. The second kappa shape index (κ2) is 6.80. The highest BCUT2D eigenvalue weighted by Gasteiger charge is 2.08. The van der Waals surface area contributed by atoms with E-state index in [1.807, 2.05) is 6.07 Å². The average molecular weight is 334 g/mol. The highest BCUT2D eigenvalue weighted by atomic mass is 79.9. The Kier molecular flexibility index (Phi) is 5.07. The molecule has 0 amide bonds. The molecule has 2 aromatic rings. The van der Waals surface area contributed by atoms with E-state index in [0.29, 0.717) is 6.04 Å². The summed E-state index contributed by atoms with van der Waals surface area (Å²) in [6, 6.07) is 15.0. The Balaban J connectivity index is 2.05. The molecule has 1 N–H and O–H groups in total. The predicted octanol–water partition coefficient (Wildman–Crippen LogP) is 4.81. The van der Waals surface area contributed by atoms with Gasteiger partial charge in [0.2, 0.25) is 0 Å². The second-order valence-electron chi connectivity index (χ2n) is 5.08. The van der Waals surface area contributed by atoms with Crippen LogP contribution < -0.4 is 10.1 Å². The highest BCUT2D eigenvalue weighted by molar-refractivity contribution is 9.10. The summed E-state index contributed by atoms with van der Waals surface area (Å²) < 4.78 is 6.51. The molecule has 0 saturated carbocycles. The zero-order valence-electron chi connectivity index (χ0n) is 12.1. The summed E-state index contributed by atoms with van der Waals surface area (Å²) in [5, 5.41) is 3.53. The van der Waals surface area contributed by atoms with Gasteiger partial charge in [0.1, 0.15) is 5.75 Å². The Labute approximate surface area is 129 Å². The lowest BCUT2D eigenvalue weighted by atomic mass is 10.1. The van der Waals surface area contributed by atoms with E-state index in [1.54, 1.807) is 7.11 Å². The summed E-state index contributed by atoms with van der Waals surface area (Å²) in [5.41, 5.74) is 3.60. The predicted molar refractivity (Wildman–Crippen MR) is 88.7 cm³/mol. The van der Waals surface area contributed by atoms with E-state index in [0.717, 1.165) is 22.3 Å². The van der Waals surface area contributed by atoms with Crippen molar-refractivity contribution in [3.05, 3.63) is 58.1 Å². The Morgan fingerprint density at radius 3 is 2.50 bits per heavy atom. The summed E-state index contributed by atoms with van der Waals surface area (Å²) >= 11 is 3.46. The van der Waals surface area contributed by atoms with Gasteiger partial charge in [-0.05, 0) is 55.7 Å². The zero-order valence-corrected chi connectivity index (χ0v) is 13.7. The minimum atomic E-state index is 0.340. The number of benzene rings is 2. The van der Waals surface area contributed by atoms with Gasteiger partial charge in [0.05, 0.1) is 12.8 Å². The Bertz CT molecular complexity index is 566. The maximum atomic E-state index is 5.40. The number of anilines is 1. The summed E-state index contributed by atoms with van der Waals surface area (Å²) in [5.74, 6) is 0.887. The zero-order chi connectivity index (χ0) is 14.5. The molecule has 106 valence electrons. The molecular weight excluding hydrogens is 314 g/mol. The number of aryl methyl sites for hydroxylation is 1. The van der Waals surface area contributed by atoms with Crippen LogP contribution in [0.25, 0.3) is 0 Å². The first-order valence-corrected chi connectivity index (χ1v) is 7.53. The molecule has 2 rings (SSSR count). The first-order chi connectivity index (χ1) is 9.58. The van der Waals surface area contributed by atoms with Crippen LogP contribution in [-0.4, -0.2) is 13.2 Å². The van der Waals surface area contributed by atoms with Crippen LogP contribution in [0.4, 0.5) is 5.69 Å². The normalized spacial score (nSPS) is 12.0. The first kappa shape index (κ1) is 14.9. The van der Waals surface area contributed by atoms with Crippen molar-refractivity contribution < 1.29 is 4.74 Å². The summed E-state index contributed by atoms with van der Waals surface area (Å²) in [6.07, 6.45) is 0.977. The minimum Gasteiger partial charge on any atom is -0.495 e. The molecule has 0 aliphatic heterocycles. The SMILES string of the molecule is COc1ccc(C)cc1NC(C)Cc1ccc(Br)cc1. The van der Waals surface area contributed by atoms with E-state index in [2.05, 4.69) is 71.5 Å². The van der Waals surface area contributed by atoms with E-state index in [9.17, 15) is 0 Å². The van der Waals surface area contributed by atoms with Gasteiger partial charge in [-0.3, -0.25) is 0 Å². The van der Waals surface area contributed by atoms with Gasteiger partial charge in [-0.2, -0.15) is 0 Å². The van der Waals surface area contributed by atoms with Crippen molar-refractivity contribution in [1.82, 2.24) is 0 Å². The fourth-order valence-corrected chi connectivity index (χ4v) is 2.49. The van der Waals surface area contributed by atoms with E-state index in [4.69, 9.17) is 4.74 Å². The van der Waals surface area contributed by atoms with Crippen molar-refractivity contribution >= 4 is 21.6 Å². The van der Waals surface area contributed by atoms with Crippen LogP contribution >= 0.6 is 15.9 Å². The largest absolute Gasteiger partial charge is 0.495 e. The Morgan fingerprint density at radius 1 is 1.15 bits per heavy atom. The molecule has 0 heterocycles. The van der Waals surface area contributed by atoms with Crippen molar-refractivity contribution in [2.75, 3.05) is 12.4 Å². The summed E-state index contributed by atoms with van der Waals surface area (Å²) in [7, 11) is 1.70. The van der Waals surface area contributed by atoms with Gasteiger partial charge >= 0.3 is 0 Å². The number of hydrogen-bond acceptors (Lipinski definition) is 2. The molecular formula is C17H20BrNO. The molecule has 0 fully saturated rings. The molecule has 1 unspecified atom stereocenters. The third-order valence-corrected chi connectivity index (χ3v) is 3.74. The van der Waals surface area contributed by atoms with Crippen molar-refractivity contribution in [3.63, 3.8) is 0 Å². The summed E-state index contributed by atoms with van der Waals surface area (Å²) in [4.78, 5) is 0. The van der Waals surface area contributed by atoms with Gasteiger partial charge < -0.3 is 10.1 Å². The van der Waals surface area contributed by atoms with E-state index < -0.39 is 0 Å². The number of methoxy groups -OCH3 is 1. The van der Waals surface area contributed by atoms with Crippen LogP contribution in [0.3, 0.4) is 0 Å². The first-order valence-electron chi connectivity index (χ1n) is 6.74. The van der Waals surface area contributed by atoms with Crippen LogP contribution in [0, 0.1) is 6.92 Å². The number of ether oxygens (including phenoxy) is 1. The van der Waals surface area contributed by atoms with Gasteiger partial charge in [0, 0.05) is 10.5 Å². The molecule has 0 spiro atoms. The van der Waals surface area contributed by atoms with Crippen molar-refractivity contribution in [2.45, 2.75) is 26.3 Å². The molecule has 3 heteroatoms. The van der Waals surface area contributed by atoms with Gasteiger partial charge in [0.15, 0.2) is 0 Å². The maximum Gasteiger partial charge on any atom is 0.141 e. The quantitative estimate of drug-likeness (QED) is 0.847. The molecule has 1 atom stereocenters. The molecule has 0 bridgehead atoms. The lowest BCUT2D eigenvalue weighted by molar-refractivity contribution is 0.416. The fraction of sp³-hybridized carbons (Fsp3) is 0.294. The van der Waals surface area contributed by atoms with E-state index >= 15 is 0 Å². The monoisotopic (exact) mass is 333 g/mol. The minimum absolute atomic E-state index is 0.340. The van der Waals surface area contributed by atoms with Crippen LogP contribution in [-0.2, 0) is 6.42 Å². The van der Waals surface area contributed by atoms with E-state index in [-0.39, 0.29) is 0 Å². The molecule has 20 heavy (non-hydrogen) atoms. The molecule has 0 aliphatic carbocycles. The van der Waals surface area contributed by atoms with Crippen LogP contribution in [0.5, 0.6) is 5.75 Å². The molecule has 0 radical (unpaired) electrons. The molecule has 0 saturated heterocycles. The number of hydrogen-bond donors (Lipinski definition) is 1. The highest BCUT2D eigenvalue weighted by Crippen LogP contribution is 2.26. The van der Waals surface area contributed by atoms with Crippen LogP contribution in [0.2, 0.25) is 0 Å². The van der Waals surface area contributed by atoms with E-state index in [1.165, 1.54) is 11.1 Å². The van der Waals surface area contributed by atoms with Crippen LogP contribution in [0.1, 0.15) is 18.1 Å². The summed E-state index contributed by atoms with van der Waals surface area (Å²) in [6.45, 7) is 4.27. The second-order valence-corrected chi connectivity index (χ2v) is 6.00. The molecule has 0 aliphatic rings. The Hall–Kier alpha value is -1.48. The average Bonchev–Trinajstić information content (AvgIpc) is 2.41. The number of nitrogens with one attached hydrogen (secondary N) is 1. The lowest BCUT2D eigenvalue weighted by Crippen LogP contribution is -2.18. The third kappa shape index (κ3) is 4.01. The Morgan fingerprint density at radius 2 is 1.85 bits per heavy atom. The molecule has 0 aromatic heterocycles. The molecule has 2 nitrogen and oxygen atoms in total. The smallest absolute Gasteiger partial charge is 0.141 e. The lowest BCUT2D eigenvalue weighted by Gasteiger charge is -2.18. The van der Waals surface area contributed by atoms with Crippen molar-refractivity contribution in [3.8, 4) is 5.75 Å². The van der Waals surface area contributed by atoms with Gasteiger partial charge in [-0.15, -0.1) is 0 Å². The molecule has 2 aromatic carbocycles. The van der Waals surface area contributed by atoms with Gasteiger partial charge in [-0.25, -0.2) is 0 Å². The number of rotatable bonds is 5. The standard InChI is InChI=1S/C17H20BrNO/c1-12-4-9-17(20-3)16(10-12)19-13(2)11-14-5-7-15(18)8-6-14/h4-10,13,19H,11H2,1-3H3. The van der Waals surface area contributed by atoms with Gasteiger partial charge in [0.25, 0.3) is 0 Å².